The van der Waals surface area contributed by atoms with E-state index < -0.39 is 71.1 Å². The molecule has 0 bridgehead atoms. The van der Waals surface area contributed by atoms with Gasteiger partial charge in [-0.05, 0) is 97.2 Å². The van der Waals surface area contributed by atoms with Gasteiger partial charge >= 0.3 is 11.9 Å². The lowest BCUT2D eigenvalue weighted by molar-refractivity contribution is -0.332. The van der Waals surface area contributed by atoms with Crippen LogP contribution in [0.2, 0.25) is 0 Å². The van der Waals surface area contributed by atoms with Crippen molar-refractivity contribution in [2.75, 3.05) is 0 Å². The Morgan fingerprint density at radius 2 is 1.53 bits per heavy atom. The molecule has 0 amide bonds. The van der Waals surface area contributed by atoms with Crippen molar-refractivity contribution < 1.29 is 54.5 Å². The van der Waals surface area contributed by atoms with Crippen LogP contribution in [0.5, 0.6) is 0 Å². The molecule has 0 aromatic rings. The third-order valence-corrected chi connectivity index (χ3v) is 15.0. The molecular weight excluding hydrogens is 608 g/mol. The van der Waals surface area contributed by atoms with Gasteiger partial charge in [0.15, 0.2) is 12.4 Å². The fourth-order valence-electron chi connectivity index (χ4n) is 12.2. The highest BCUT2D eigenvalue weighted by Crippen LogP contribution is 2.75. The topological polar surface area (TPSA) is 191 Å². The van der Waals surface area contributed by atoms with Crippen molar-refractivity contribution in [3.63, 3.8) is 0 Å². The Labute approximate surface area is 276 Å². The van der Waals surface area contributed by atoms with E-state index in [0.717, 1.165) is 32.0 Å². The van der Waals surface area contributed by atoms with Crippen LogP contribution >= 0.6 is 0 Å². The first kappa shape index (κ1) is 35.0. The standard InChI is InChI=1S/C36H54O11/c1-31(2)11-13-36(30(44)45)14-12-34(5)18(19(36)15-31)7-8-22-32(3)16-20(38)27(33(4,17-37)21(32)9-10-35(22,34)6)47-29-25(41)23(39)24(40)26(46-29)28(42)43/h7,17,19-27,29,38-41H,8-16H2,1-6H3,(H,42,43)(H,44,45)/t19-,20-,21+,22+,23-,24-,25+,26-,27?,29-,32-,33-,34+,35+,36-/m0/s1. The number of allylic oxidation sites excluding steroid dienone is 2. The number of carbonyl (C=O) groups is 3. The molecule has 1 heterocycles. The van der Waals surface area contributed by atoms with Crippen molar-refractivity contribution in [2.45, 2.75) is 142 Å². The fraction of sp³-hybridized carbons (Fsp3) is 0.861. The molecule has 11 nitrogen and oxygen atoms in total. The number of aliphatic carboxylic acids is 2. The smallest absolute Gasteiger partial charge is 0.335 e. The monoisotopic (exact) mass is 662 g/mol. The molecule has 0 aromatic heterocycles. The summed E-state index contributed by atoms with van der Waals surface area (Å²) in [5.41, 5.74) is -1.64. The van der Waals surface area contributed by atoms with Gasteiger partial charge in [0.25, 0.3) is 0 Å². The fourth-order valence-corrected chi connectivity index (χ4v) is 12.2. The number of fused-ring (bicyclic) bond motifs is 7. The van der Waals surface area contributed by atoms with E-state index in [1.807, 2.05) is 0 Å². The molecule has 47 heavy (non-hydrogen) atoms. The quantitative estimate of drug-likeness (QED) is 0.144. The minimum Gasteiger partial charge on any atom is -0.481 e. The summed E-state index contributed by atoms with van der Waals surface area (Å²) >= 11 is 0. The maximum atomic E-state index is 13.1. The Hall–Kier alpha value is -1.89. The lowest BCUT2D eigenvalue weighted by Crippen LogP contribution is -2.69. The van der Waals surface area contributed by atoms with E-state index in [0.29, 0.717) is 25.7 Å². The molecule has 4 saturated carbocycles. The number of aldehydes is 1. The van der Waals surface area contributed by atoms with E-state index in [-0.39, 0.29) is 40.4 Å². The predicted molar refractivity (Wildman–Crippen MR) is 168 cm³/mol. The summed E-state index contributed by atoms with van der Waals surface area (Å²) < 4.78 is 11.5. The Morgan fingerprint density at radius 1 is 0.872 bits per heavy atom. The molecule has 5 fully saturated rings. The molecule has 6 aliphatic rings. The first-order valence-electron chi connectivity index (χ1n) is 17.4. The Bertz CT molecular complexity index is 1350. The third-order valence-electron chi connectivity index (χ3n) is 15.0. The zero-order valence-electron chi connectivity index (χ0n) is 28.5. The van der Waals surface area contributed by atoms with E-state index in [2.05, 4.69) is 40.7 Å². The Balaban J connectivity index is 1.34. The van der Waals surface area contributed by atoms with Crippen molar-refractivity contribution >= 4 is 18.2 Å². The predicted octanol–water partition coefficient (Wildman–Crippen LogP) is 3.30. The number of carbonyl (C=O) groups excluding carboxylic acids is 1. The van der Waals surface area contributed by atoms with Gasteiger partial charge < -0.3 is 44.9 Å². The first-order valence-corrected chi connectivity index (χ1v) is 17.4. The highest BCUT2D eigenvalue weighted by Gasteiger charge is 2.71. The van der Waals surface area contributed by atoms with E-state index in [9.17, 15) is 45.0 Å². The summed E-state index contributed by atoms with van der Waals surface area (Å²) in [6, 6.07) is 0. The van der Waals surface area contributed by atoms with E-state index in [1.54, 1.807) is 6.92 Å². The lowest BCUT2D eigenvalue weighted by atomic mass is 9.33. The molecular formula is C36H54O11. The van der Waals surface area contributed by atoms with Gasteiger partial charge in [0.1, 0.15) is 24.6 Å². The minimum atomic E-state index is -1.89. The number of hydrogen-bond acceptors (Lipinski definition) is 9. The van der Waals surface area contributed by atoms with Gasteiger partial charge in [0.05, 0.1) is 23.0 Å². The van der Waals surface area contributed by atoms with E-state index >= 15 is 0 Å². The second kappa shape index (κ2) is 11.1. The van der Waals surface area contributed by atoms with Gasteiger partial charge in [-0.15, -0.1) is 0 Å². The number of carboxylic acids is 2. The van der Waals surface area contributed by atoms with Gasteiger partial charge in [-0.25, -0.2) is 4.79 Å². The second-order valence-electron chi connectivity index (χ2n) is 17.7. The summed E-state index contributed by atoms with van der Waals surface area (Å²) in [4.78, 5) is 37.8. The van der Waals surface area contributed by atoms with E-state index in [4.69, 9.17) is 9.47 Å². The average Bonchev–Trinajstić information content (AvgIpc) is 2.98. The molecule has 1 saturated heterocycles. The summed E-state index contributed by atoms with van der Waals surface area (Å²) in [7, 11) is 0. The van der Waals surface area contributed by atoms with Gasteiger partial charge in [0.2, 0.25) is 0 Å². The second-order valence-corrected chi connectivity index (χ2v) is 17.7. The molecule has 0 spiro atoms. The van der Waals surface area contributed by atoms with Gasteiger partial charge in [0, 0.05) is 0 Å². The van der Waals surface area contributed by atoms with Gasteiger partial charge in [-0.1, -0.05) is 53.2 Å². The zero-order chi connectivity index (χ0) is 34.7. The van der Waals surface area contributed by atoms with Crippen LogP contribution in [0.4, 0.5) is 0 Å². The van der Waals surface area contributed by atoms with Crippen LogP contribution in [-0.2, 0) is 23.9 Å². The highest BCUT2D eigenvalue weighted by atomic mass is 16.7. The number of hydrogen-bond donors (Lipinski definition) is 6. The third kappa shape index (κ3) is 4.69. The summed E-state index contributed by atoms with van der Waals surface area (Å²) in [6.45, 7) is 13.1. The van der Waals surface area contributed by atoms with Crippen molar-refractivity contribution in [2.24, 2.45) is 50.2 Å². The van der Waals surface area contributed by atoms with Crippen LogP contribution < -0.4 is 0 Å². The van der Waals surface area contributed by atoms with Gasteiger partial charge in [-0.2, -0.15) is 0 Å². The first-order chi connectivity index (χ1) is 21.7. The molecule has 5 aliphatic carbocycles. The number of ether oxygens (including phenoxy) is 2. The van der Waals surface area contributed by atoms with Crippen LogP contribution in [0.15, 0.2) is 11.6 Å². The average molecular weight is 663 g/mol. The number of rotatable bonds is 5. The molecule has 0 aromatic carbocycles. The van der Waals surface area contributed by atoms with Crippen LogP contribution in [-0.4, -0.2) is 91.8 Å². The van der Waals surface area contributed by atoms with E-state index in [1.165, 1.54) is 5.57 Å². The maximum Gasteiger partial charge on any atom is 0.335 e. The summed E-state index contributed by atoms with van der Waals surface area (Å²) in [5, 5.41) is 63.1. The molecule has 11 heteroatoms. The molecule has 1 unspecified atom stereocenters. The maximum absolute atomic E-state index is 13.1. The molecule has 6 N–H and O–H groups in total. The molecule has 1 aliphatic heterocycles. The van der Waals surface area contributed by atoms with Crippen molar-refractivity contribution in [3.05, 3.63) is 11.6 Å². The number of carboxylic acid groups (broad SMARTS) is 2. The van der Waals surface area contributed by atoms with Gasteiger partial charge in [-0.3, -0.25) is 4.79 Å². The minimum absolute atomic E-state index is 0.0359. The summed E-state index contributed by atoms with van der Waals surface area (Å²) in [6.07, 6.45) is -2.08. The summed E-state index contributed by atoms with van der Waals surface area (Å²) in [5.74, 6) is -2.42. The van der Waals surface area contributed by atoms with Crippen LogP contribution in [0.3, 0.4) is 0 Å². The zero-order valence-corrected chi connectivity index (χ0v) is 28.5. The highest BCUT2D eigenvalue weighted by molar-refractivity contribution is 5.76. The number of aliphatic hydroxyl groups excluding tert-OH is 4. The molecule has 264 valence electrons. The number of aliphatic hydroxyl groups is 4. The van der Waals surface area contributed by atoms with Crippen molar-refractivity contribution in [3.8, 4) is 0 Å². The van der Waals surface area contributed by atoms with Crippen molar-refractivity contribution in [1.29, 1.82) is 0 Å². The van der Waals surface area contributed by atoms with Crippen LogP contribution in [0.1, 0.15) is 99.3 Å². The Kier molecular flexibility index (Phi) is 8.22. The Morgan fingerprint density at radius 3 is 2.15 bits per heavy atom. The molecule has 15 atom stereocenters. The van der Waals surface area contributed by atoms with Crippen molar-refractivity contribution in [1.82, 2.24) is 0 Å². The molecule has 6 rings (SSSR count). The van der Waals surface area contributed by atoms with Crippen LogP contribution in [0, 0.1) is 50.2 Å². The lowest BCUT2D eigenvalue weighted by Gasteiger charge is -2.71. The SMILES string of the molecule is CC1(C)CC[C@]2(C(=O)O)CC[C@]3(C)C(=CC[C@@H]4[C@@]5(C)C[C@H](O)C(O[C@@H]6O[C@H](C(=O)O)[C@@H](O)[C@H](O)[C@H]6O)[C@@](C)(C=O)[C@@H]5CC[C@]43C)[C@@H]2C1. The molecule has 0 radical (unpaired) electrons. The van der Waals surface area contributed by atoms with Crippen LogP contribution in [0.25, 0.3) is 0 Å². The largest absolute Gasteiger partial charge is 0.481 e. The normalized spacial score (nSPS) is 53.7.